The van der Waals surface area contributed by atoms with Gasteiger partial charge in [0.05, 0.1) is 6.61 Å². The Hall–Kier alpha value is -3.25. The Morgan fingerprint density at radius 2 is 1.93 bits per heavy atom. The van der Waals surface area contributed by atoms with Gasteiger partial charge in [0.1, 0.15) is 18.4 Å². The first-order chi connectivity index (χ1) is 14.3. The normalized spacial score (nSPS) is 16.4. The number of nitrogens with zero attached hydrogens (tertiary/aromatic N) is 3. The molecule has 6 nitrogen and oxygen atoms in total. The molecule has 1 aliphatic heterocycles. The predicted octanol–water partition coefficient (Wildman–Crippen LogP) is 3.64. The second-order valence-electron chi connectivity index (χ2n) is 6.78. The Labute approximate surface area is 170 Å². The Balaban J connectivity index is 1.72. The molecule has 29 heavy (non-hydrogen) atoms. The van der Waals surface area contributed by atoms with Crippen molar-refractivity contribution < 1.29 is 14.3 Å². The number of benzene rings is 1. The highest BCUT2D eigenvalue weighted by atomic mass is 16.5. The monoisotopic (exact) mass is 389 g/mol. The minimum absolute atomic E-state index is 0.284. The maximum Gasteiger partial charge on any atom is 0.328 e. The van der Waals surface area contributed by atoms with E-state index in [1.165, 1.54) is 0 Å². The number of hydrogen-bond acceptors (Lipinski definition) is 6. The Kier molecular flexibility index (Phi) is 5.81. The number of pyridine rings is 2. The molecule has 1 unspecified atom stereocenters. The molecule has 4 rings (SSSR count). The number of rotatable bonds is 5. The van der Waals surface area contributed by atoms with Crippen molar-refractivity contribution in [2.24, 2.45) is 0 Å². The fourth-order valence-electron chi connectivity index (χ4n) is 3.69. The maximum absolute atomic E-state index is 12.9. The molecule has 6 heteroatoms. The van der Waals surface area contributed by atoms with Crippen molar-refractivity contribution in [3.8, 4) is 16.9 Å². The topological polar surface area (TPSA) is 64.6 Å². The third-order valence-electron chi connectivity index (χ3n) is 5.00. The minimum atomic E-state index is -0.563. The second kappa shape index (κ2) is 8.84. The van der Waals surface area contributed by atoms with Gasteiger partial charge in [-0.25, -0.2) is 4.79 Å². The van der Waals surface area contributed by atoms with Crippen LogP contribution in [0.3, 0.4) is 0 Å². The molecule has 0 N–H and O–H groups in total. The van der Waals surface area contributed by atoms with Crippen molar-refractivity contribution in [2.75, 3.05) is 19.8 Å². The average Bonchev–Trinajstić information content (AvgIpc) is 2.94. The van der Waals surface area contributed by atoms with Crippen molar-refractivity contribution in [1.29, 1.82) is 0 Å². The van der Waals surface area contributed by atoms with E-state index in [4.69, 9.17) is 9.47 Å². The minimum Gasteiger partial charge on any atom is -0.492 e. The van der Waals surface area contributed by atoms with E-state index in [0.717, 1.165) is 22.3 Å². The number of carbonyl (C=O) groups excluding carboxylic acids is 1. The number of fused-ring (bicyclic) bond motifs is 1. The Morgan fingerprint density at radius 1 is 1.14 bits per heavy atom. The quantitative estimate of drug-likeness (QED) is 0.621. The maximum atomic E-state index is 12.9. The van der Waals surface area contributed by atoms with E-state index >= 15 is 0 Å². The van der Waals surface area contributed by atoms with Crippen LogP contribution in [0.2, 0.25) is 0 Å². The van der Waals surface area contributed by atoms with E-state index in [-0.39, 0.29) is 5.97 Å². The van der Waals surface area contributed by atoms with E-state index < -0.39 is 6.04 Å². The summed E-state index contributed by atoms with van der Waals surface area (Å²) >= 11 is 0. The number of hydrogen-bond donors (Lipinski definition) is 0. The summed E-state index contributed by atoms with van der Waals surface area (Å²) in [7, 11) is 0. The summed E-state index contributed by atoms with van der Waals surface area (Å²) < 4.78 is 11.3. The SMILES string of the molecule is CCOC(=O)C1c2cnccc2OCCN1Cc1ccccc1-c1ccncc1. The lowest BCUT2D eigenvalue weighted by Crippen LogP contribution is -2.36. The molecule has 3 aromatic rings. The molecule has 0 fully saturated rings. The number of esters is 1. The van der Waals surface area contributed by atoms with Crippen LogP contribution in [0.4, 0.5) is 0 Å². The lowest BCUT2D eigenvalue weighted by atomic mass is 9.99. The molecule has 0 amide bonds. The molecule has 148 valence electrons. The Morgan fingerprint density at radius 3 is 2.76 bits per heavy atom. The van der Waals surface area contributed by atoms with Crippen LogP contribution in [0, 0.1) is 0 Å². The molecule has 0 radical (unpaired) electrons. The lowest BCUT2D eigenvalue weighted by molar-refractivity contribution is -0.150. The summed E-state index contributed by atoms with van der Waals surface area (Å²) in [5, 5.41) is 0. The fraction of sp³-hybridized carbons (Fsp3) is 0.261. The van der Waals surface area contributed by atoms with Gasteiger partial charge >= 0.3 is 5.97 Å². The van der Waals surface area contributed by atoms with Crippen LogP contribution in [0.1, 0.15) is 24.1 Å². The third kappa shape index (κ3) is 4.12. The third-order valence-corrected chi connectivity index (χ3v) is 5.00. The van der Waals surface area contributed by atoms with Gasteiger partial charge in [0.25, 0.3) is 0 Å². The van der Waals surface area contributed by atoms with Crippen LogP contribution < -0.4 is 4.74 Å². The average molecular weight is 389 g/mol. The smallest absolute Gasteiger partial charge is 0.328 e. The molecular weight excluding hydrogens is 366 g/mol. The van der Waals surface area contributed by atoms with E-state index in [1.54, 1.807) is 30.9 Å². The summed E-state index contributed by atoms with van der Waals surface area (Å²) in [5.74, 6) is 0.400. The van der Waals surface area contributed by atoms with E-state index in [1.807, 2.05) is 31.2 Å². The van der Waals surface area contributed by atoms with Crippen LogP contribution in [-0.2, 0) is 16.1 Å². The zero-order valence-electron chi connectivity index (χ0n) is 16.3. The van der Waals surface area contributed by atoms with Gasteiger partial charge in [-0.2, -0.15) is 0 Å². The molecule has 1 aromatic carbocycles. The summed E-state index contributed by atoms with van der Waals surface area (Å²) in [6.07, 6.45) is 6.95. The highest BCUT2D eigenvalue weighted by Crippen LogP contribution is 2.34. The first-order valence-corrected chi connectivity index (χ1v) is 9.73. The van der Waals surface area contributed by atoms with Crippen molar-refractivity contribution in [3.63, 3.8) is 0 Å². The molecule has 1 aliphatic rings. The summed E-state index contributed by atoms with van der Waals surface area (Å²) in [5.41, 5.74) is 4.08. The van der Waals surface area contributed by atoms with E-state index in [0.29, 0.717) is 32.1 Å². The van der Waals surface area contributed by atoms with Crippen LogP contribution in [-0.4, -0.2) is 40.6 Å². The van der Waals surface area contributed by atoms with E-state index in [9.17, 15) is 4.79 Å². The highest BCUT2D eigenvalue weighted by Gasteiger charge is 2.34. The van der Waals surface area contributed by atoms with Gasteiger partial charge in [-0.3, -0.25) is 14.9 Å². The molecule has 1 atom stereocenters. The van der Waals surface area contributed by atoms with Crippen LogP contribution >= 0.6 is 0 Å². The molecule has 0 spiro atoms. The van der Waals surface area contributed by atoms with Crippen molar-refractivity contribution in [1.82, 2.24) is 14.9 Å². The van der Waals surface area contributed by atoms with Crippen molar-refractivity contribution in [3.05, 3.63) is 78.4 Å². The van der Waals surface area contributed by atoms with Gasteiger partial charge in [0.2, 0.25) is 0 Å². The number of carbonyl (C=O) groups is 1. The van der Waals surface area contributed by atoms with Gasteiger partial charge < -0.3 is 9.47 Å². The van der Waals surface area contributed by atoms with Gasteiger partial charge in [-0.15, -0.1) is 0 Å². The second-order valence-corrected chi connectivity index (χ2v) is 6.78. The first-order valence-electron chi connectivity index (χ1n) is 9.73. The van der Waals surface area contributed by atoms with E-state index in [2.05, 4.69) is 27.0 Å². The van der Waals surface area contributed by atoms with Gasteiger partial charge in [0.15, 0.2) is 0 Å². The standard InChI is InChI=1S/C23H23N3O3/c1-2-28-23(27)22-20-15-25-12-9-21(20)29-14-13-26(22)16-18-5-3-4-6-19(18)17-7-10-24-11-8-17/h3-12,15,22H,2,13-14,16H2,1H3. The predicted molar refractivity (Wildman–Crippen MR) is 109 cm³/mol. The summed E-state index contributed by atoms with van der Waals surface area (Å²) in [4.78, 5) is 23.3. The summed E-state index contributed by atoms with van der Waals surface area (Å²) in [6.45, 7) is 3.82. The van der Waals surface area contributed by atoms with Crippen molar-refractivity contribution >= 4 is 5.97 Å². The molecule has 3 heterocycles. The van der Waals surface area contributed by atoms with Crippen molar-refractivity contribution in [2.45, 2.75) is 19.5 Å². The summed E-state index contributed by atoms with van der Waals surface area (Å²) in [6, 6.07) is 13.4. The molecule has 0 saturated carbocycles. The fourth-order valence-corrected chi connectivity index (χ4v) is 3.69. The molecule has 0 aliphatic carbocycles. The molecule has 2 aromatic heterocycles. The molecule has 0 saturated heterocycles. The van der Waals surface area contributed by atoms with Gasteiger partial charge in [-0.1, -0.05) is 24.3 Å². The van der Waals surface area contributed by atoms with Gasteiger partial charge in [0, 0.05) is 43.4 Å². The van der Waals surface area contributed by atoms with Crippen LogP contribution in [0.5, 0.6) is 5.75 Å². The molecular formula is C23H23N3O3. The van der Waals surface area contributed by atoms with Crippen LogP contribution in [0.25, 0.3) is 11.1 Å². The largest absolute Gasteiger partial charge is 0.492 e. The zero-order valence-corrected chi connectivity index (χ0v) is 16.3. The Bertz CT molecular complexity index is 978. The highest BCUT2D eigenvalue weighted by molar-refractivity contribution is 5.79. The number of ether oxygens (including phenoxy) is 2. The molecule has 0 bridgehead atoms. The first kappa shape index (κ1) is 19.1. The van der Waals surface area contributed by atoms with Crippen LogP contribution in [0.15, 0.2) is 67.3 Å². The van der Waals surface area contributed by atoms with Gasteiger partial charge in [-0.05, 0) is 41.8 Å². The number of aromatic nitrogens is 2. The zero-order chi connectivity index (χ0) is 20.1. The lowest BCUT2D eigenvalue weighted by Gasteiger charge is -2.28.